The number of fused-ring (bicyclic) bond motifs is 6. The number of rotatable bonds is 5. The molecule has 4 heterocycles. The Morgan fingerprint density at radius 2 is 1.01 bits per heavy atom. The van der Waals surface area contributed by atoms with Gasteiger partial charge in [-0.2, -0.15) is 0 Å². The number of hydrogen-bond acceptors (Lipinski definition) is 3. The highest BCUT2D eigenvalue weighted by atomic mass is 32.1. The summed E-state index contributed by atoms with van der Waals surface area (Å²) in [5.74, 6) is 5.51. The van der Waals surface area contributed by atoms with Crippen LogP contribution in [0.5, 0.6) is 0 Å². The van der Waals surface area contributed by atoms with Crippen molar-refractivity contribution in [2.75, 3.05) is 9.80 Å². The van der Waals surface area contributed by atoms with Gasteiger partial charge in [0.2, 0.25) is 0 Å². The molecule has 2 nitrogen and oxygen atoms in total. The van der Waals surface area contributed by atoms with Crippen molar-refractivity contribution in [1.82, 2.24) is 0 Å². The predicted molar refractivity (Wildman–Crippen MR) is 286 cm³/mol. The average molecular weight is 903 g/mol. The smallest absolute Gasteiger partial charge is 0.264 e. The Hall–Kier alpha value is -5.10. The second kappa shape index (κ2) is 13.6. The molecule has 5 heteroatoms. The first-order valence-electron chi connectivity index (χ1n) is 26.2. The Kier molecular flexibility index (Phi) is 7.86. The Balaban J connectivity index is 0.994. The van der Waals surface area contributed by atoms with Crippen LogP contribution in [-0.4, -0.2) is 14.8 Å². The normalized spacial score (nSPS) is 30.3. The molecule has 330 valence electrons. The summed E-state index contributed by atoms with van der Waals surface area (Å²) in [5.41, 5.74) is 19.4. The quantitative estimate of drug-likeness (QED) is 0.159. The first-order valence-corrected chi connectivity index (χ1v) is 30.0. The van der Waals surface area contributed by atoms with Gasteiger partial charge in [0.1, 0.15) is 8.07 Å². The molecule has 8 bridgehead atoms. The summed E-state index contributed by atoms with van der Waals surface area (Å²) < 4.78 is 1.49. The lowest BCUT2D eigenvalue weighted by atomic mass is 9.35. The maximum Gasteiger partial charge on any atom is 0.264 e. The minimum atomic E-state index is -2.25. The van der Waals surface area contributed by atoms with E-state index in [-0.39, 0.29) is 6.71 Å². The third-order valence-corrected chi connectivity index (χ3v) is 24.7. The summed E-state index contributed by atoms with van der Waals surface area (Å²) in [6, 6.07) is 55.2. The number of hydrogen-bond donors (Lipinski definition) is 0. The third-order valence-electron chi connectivity index (χ3n) is 19.9. The van der Waals surface area contributed by atoms with Crippen LogP contribution in [0.1, 0.15) is 88.2 Å². The Bertz CT molecular complexity index is 3140. The first kappa shape index (κ1) is 38.8. The van der Waals surface area contributed by atoms with E-state index in [4.69, 9.17) is 0 Å². The van der Waals surface area contributed by atoms with Gasteiger partial charge in [0, 0.05) is 43.7 Å². The highest BCUT2D eigenvalue weighted by molar-refractivity contribution is 7.32. The molecule has 0 unspecified atom stereocenters. The zero-order valence-corrected chi connectivity index (χ0v) is 40.9. The molecular formula is C62H59BN2SSi. The molecule has 11 aliphatic rings. The highest BCUT2D eigenvalue weighted by Gasteiger charge is 2.56. The maximum absolute atomic E-state index is 2.89. The van der Waals surface area contributed by atoms with E-state index in [1.165, 1.54) is 143 Å². The topological polar surface area (TPSA) is 6.48 Å². The van der Waals surface area contributed by atoms with E-state index in [0.29, 0.717) is 10.8 Å². The zero-order chi connectivity index (χ0) is 44.0. The molecule has 8 aliphatic carbocycles. The lowest BCUT2D eigenvalue weighted by Gasteiger charge is -2.58. The average Bonchev–Trinajstić information content (AvgIpc) is 3.73. The van der Waals surface area contributed by atoms with Gasteiger partial charge >= 0.3 is 0 Å². The van der Waals surface area contributed by atoms with Gasteiger partial charge in [-0.1, -0.05) is 122 Å². The molecule has 8 fully saturated rings. The van der Waals surface area contributed by atoms with Gasteiger partial charge in [-0.25, -0.2) is 0 Å². The van der Waals surface area contributed by atoms with E-state index >= 15 is 0 Å². The fraction of sp³-hybridized carbons (Fsp3) is 0.355. The van der Waals surface area contributed by atoms with Gasteiger partial charge in [0.25, 0.3) is 6.71 Å². The van der Waals surface area contributed by atoms with Crippen LogP contribution in [0.25, 0.3) is 21.6 Å². The van der Waals surface area contributed by atoms with Gasteiger partial charge in [-0.3, -0.25) is 0 Å². The Labute approximate surface area is 402 Å². The standard InChI is InChI=1S/C62H59BN2SSi/c1-67(2)53-30-46(61-32-38-23-39(33-61)25-40(24-38)34-61)21-22-50(53)65-52-20-12-19-51-56(52)63(49-29-47(31-54(67)57(49)65)62-35-41-26-42(36-62)28-43(27-41)37-62)60-58(64(51)48-17-10-5-11-18-48)55(44-13-6-3-7-14-44)59(66-60)45-15-8-4-9-16-45/h3-22,29-31,38-43H,23-28,32-37H2,1-2H3. The largest absolute Gasteiger partial charge is 0.312 e. The summed E-state index contributed by atoms with van der Waals surface area (Å²) in [7, 11) is -2.25. The van der Waals surface area contributed by atoms with E-state index in [1.54, 1.807) is 27.0 Å². The molecule has 7 aromatic rings. The molecule has 0 saturated heterocycles. The van der Waals surface area contributed by atoms with E-state index in [2.05, 4.69) is 174 Å². The van der Waals surface area contributed by atoms with E-state index in [9.17, 15) is 0 Å². The van der Waals surface area contributed by atoms with Gasteiger partial charge in [-0.15, -0.1) is 11.3 Å². The minimum absolute atomic E-state index is 0.127. The number of anilines is 6. The molecule has 6 aromatic carbocycles. The molecule has 3 aliphatic heterocycles. The van der Waals surface area contributed by atoms with E-state index in [1.807, 2.05) is 0 Å². The van der Waals surface area contributed by atoms with Crippen LogP contribution in [0.15, 0.2) is 140 Å². The number of para-hydroxylation sites is 1. The van der Waals surface area contributed by atoms with Crippen LogP contribution >= 0.6 is 11.3 Å². The minimum Gasteiger partial charge on any atom is -0.312 e. The molecule has 67 heavy (non-hydrogen) atoms. The van der Waals surface area contributed by atoms with Gasteiger partial charge in [0.15, 0.2) is 0 Å². The molecule has 0 radical (unpaired) electrons. The highest BCUT2D eigenvalue weighted by Crippen LogP contribution is 2.63. The number of thiophene rings is 1. The van der Waals surface area contributed by atoms with Crippen molar-refractivity contribution in [2.24, 2.45) is 35.5 Å². The first-order chi connectivity index (χ1) is 32.8. The molecule has 18 rings (SSSR count). The predicted octanol–water partition coefficient (Wildman–Crippen LogP) is 13.2. The van der Waals surface area contributed by atoms with Crippen LogP contribution in [0.4, 0.5) is 34.1 Å². The van der Waals surface area contributed by atoms with Crippen LogP contribution in [0.2, 0.25) is 13.1 Å². The van der Waals surface area contributed by atoms with Crippen molar-refractivity contribution < 1.29 is 0 Å². The van der Waals surface area contributed by atoms with Crippen LogP contribution < -0.4 is 35.9 Å². The monoisotopic (exact) mass is 902 g/mol. The summed E-state index contributed by atoms with van der Waals surface area (Å²) in [5, 5.41) is 3.39. The summed E-state index contributed by atoms with van der Waals surface area (Å²) in [6.45, 7) is 5.64. The van der Waals surface area contributed by atoms with Crippen molar-refractivity contribution in [3.05, 3.63) is 151 Å². The number of benzene rings is 6. The van der Waals surface area contributed by atoms with Crippen LogP contribution in [0, 0.1) is 35.5 Å². The second-order valence-corrected chi connectivity index (χ2v) is 29.5. The molecular weight excluding hydrogens is 844 g/mol. The Morgan fingerprint density at radius 1 is 0.493 bits per heavy atom. The van der Waals surface area contributed by atoms with Crippen LogP contribution in [-0.2, 0) is 10.8 Å². The summed E-state index contributed by atoms with van der Waals surface area (Å²) in [6.07, 6.45) is 17.3. The lowest BCUT2D eigenvalue weighted by molar-refractivity contribution is -0.00524. The van der Waals surface area contributed by atoms with Crippen LogP contribution in [0.3, 0.4) is 0 Å². The Morgan fingerprint density at radius 3 is 1.61 bits per heavy atom. The molecule has 0 spiro atoms. The van der Waals surface area contributed by atoms with Crippen molar-refractivity contribution in [3.8, 4) is 21.6 Å². The molecule has 0 amide bonds. The van der Waals surface area contributed by atoms with Gasteiger partial charge in [-0.05, 0) is 197 Å². The SMILES string of the molecule is C[Si]1(C)c2cc(C34CC5CC(CC(C5)C3)C4)ccc2N2c3cccc4c3B(c3cc(C56CC7CC(CC(C7)C5)C6)cc1c32)c1sc(-c2ccccc2)c(-c2ccccc2)c1N4c1ccccc1. The third kappa shape index (κ3) is 5.29. The molecule has 1 aromatic heterocycles. The van der Waals surface area contributed by atoms with Crippen molar-refractivity contribution >= 4 is 86.3 Å². The van der Waals surface area contributed by atoms with Gasteiger partial charge < -0.3 is 9.80 Å². The lowest BCUT2D eigenvalue weighted by Crippen LogP contribution is -2.67. The van der Waals surface area contributed by atoms with E-state index in [0.717, 1.165) is 35.5 Å². The summed E-state index contributed by atoms with van der Waals surface area (Å²) in [4.78, 5) is 6.88. The summed E-state index contributed by atoms with van der Waals surface area (Å²) >= 11 is 2.07. The second-order valence-electron chi connectivity index (χ2n) is 24.1. The zero-order valence-electron chi connectivity index (χ0n) is 39.1. The van der Waals surface area contributed by atoms with Crippen molar-refractivity contribution in [3.63, 3.8) is 0 Å². The van der Waals surface area contributed by atoms with Crippen molar-refractivity contribution in [1.29, 1.82) is 0 Å². The van der Waals surface area contributed by atoms with E-state index < -0.39 is 8.07 Å². The molecule has 0 atom stereocenters. The fourth-order valence-corrected chi connectivity index (χ4v) is 22.5. The molecule has 0 N–H and O–H groups in total. The maximum atomic E-state index is 2.89. The molecule has 8 saturated carbocycles. The number of nitrogens with zero attached hydrogens (tertiary/aromatic N) is 2. The fourth-order valence-electron chi connectivity index (χ4n) is 18.1. The van der Waals surface area contributed by atoms with Crippen molar-refractivity contribution in [2.45, 2.75) is 101 Å². The van der Waals surface area contributed by atoms with Gasteiger partial charge in [0.05, 0.1) is 5.69 Å².